The van der Waals surface area contributed by atoms with E-state index in [-0.39, 0.29) is 40.9 Å². The summed E-state index contributed by atoms with van der Waals surface area (Å²) in [5, 5.41) is 0. The molecule has 1 saturated heterocycles. The van der Waals surface area contributed by atoms with Crippen molar-refractivity contribution in [2.45, 2.75) is 13.3 Å². The fourth-order valence-electron chi connectivity index (χ4n) is 4.22. The molecule has 164 valence electrons. The monoisotopic (exact) mass is 433 g/mol. The summed E-state index contributed by atoms with van der Waals surface area (Å²) in [6, 6.07) is 12.6. The van der Waals surface area contributed by atoms with Gasteiger partial charge in [-0.3, -0.25) is 19.3 Å². The number of carbonyl (C=O) groups excluding carboxylic acids is 4. The van der Waals surface area contributed by atoms with Crippen molar-refractivity contribution in [3.05, 3.63) is 71.8 Å². The number of ether oxygens (including phenoxy) is 2. The van der Waals surface area contributed by atoms with Crippen molar-refractivity contribution in [1.82, 2.24) is 0 Å². The van der Waals surface area contributed by atoms with Crippen LogP contribution in [0, 0.1) is 17.8 Å². The summed E-state index contributed by atoms with van der Waals surface area (Å²) in [6.07, 6.45) is 4.48. The first kappa shape index (κ1) is 21.5. The quantitative estimate of drug-likeness (QED) is 0.300. The minimum Gasteiger partial charge on any atom is -0.497 e. The molecular formula is C25H23NO6. The number of anilines is 1. The zero-order chi connectivity index (χ0) is 22.8. The highest BCUT2D eigenvalue weighted by Crippen LogP contribution is 2.40. The van der Waals surface area contributed by atoms with Crippen molar-refractivity contribution >= 4 is 29.3 Å². The predicted molar refractivity (Wildman–Crippen MR) is 116 cm³/mol. The lowest BCUT2D eigenvalue weighted by Crippen LogP contribution is -2.31. The zero-order valence-corrected chi connectivity index (χ0v) is 17.8. The van der Waals surface area contributed by atoms with Crippen molar-refractivity contribution in [2.24, 2.45) is 17.8 Å². The summed E-state index contributed by atoms with van der Waals surface area (Å²) in [6.45, 7) is 1.54. The molecule has 1 heterocycles. The summed E-state index contributed by atoms with van der Waals surface area (Å²) in [5.41, 5.74) is 1.06. The molecule has 2 aromatic rings. The molecule has 1 fully saturated rings. The lowest BCUT2D eigenvalue weighted by Gasteiger charge is -2.22. The molecule has 0 spiro atoms. The molecule has 2 aliphatic rings. The van der Waals surface area contributed by atoms with Crippen LogP contribution >= 0.6 is 0 Å². The predicted octanol–water partition coefficient (Wildman–Crippen LogP) is 3.44. The van der Waals surface area contributed by atoms with Gasteiger partial charge in [0.15, 0.2) is 12.4 Å². The number of imide groups is 1. The number of esters is 1. The standard InChI is InChI=1S/C25H23NO6/c1-15-4-3-5-20-22(15)24(29)26(23(20)28)18-10-6-17(7-11-18)25(30)32-14-21(27)16-8-12-19(31-2)13-9-16/h3-4,6-13,15,20,22H,5,14H2,1-2H3/t15-,20-,22-/m1/s1. The van der Waals surface area contributed by atoms with E-state index in [9.17, 15) is 19.2 Å². The van der Waals surface area contributed by atoms with Crippen LogP contribution in [0.15, 0.2) is 60.7 Å². The van der Waals surface area contributed by atoms with Gasteiger partial charge in [0.2, 0.25) is 11.8 Å². The van der Waals surface area contributed by atoms with E-state index in [1.165, 1.54) is 24.1 Å². The lowest BCUT2D eigenvalue weighted by molar-refractivity contribution is -0.122. The van der Waals surface area contributed by atoms with Gasteiger partial charge < -0.3 is 9.47 Å². The second-order valence-electron chi connectivity index (χ2n) is 7.94. The van der Waals surface area contributed by atoms with Crippen molar-refractivity contribution in [3.8, 4) is 5.75 Å². The molecule has 0 N–H and O–H groups in total. The van der Waals surface area contributed by atoms with Crippen LogP contribution in [0.2, 0.25) is 0 Å². The van der Waals surface area contributed by atoms with E-state index in [1.54, 1.807) is 36.4 Å². The minimum atomic E-state index is -0.663. The highest BCUT2D eigenvalue weighted by molar-refractivity contribution is 6.22. The third-order valence-corrected chi connectivity index (χ3v) is 5.98. The Bertz CT molecular complexity index is 1090. The Hall–Kier alpha value is -3.74. The number of ketones is 1. The third kappa shape index (κ3) is 3.93. The number of carbonyl (C=O) groups is 4. The number of Topliss-reactive ketones (excluding diaryl/α,β-unsaturated/α-hetero) is 1. The Morgan fingerprint density at radius 1 is 0.969 bits per heavy atom. The molecule has 0 aromatic heterocycles. The van der Waals surface area contributed by atoms with Gasteiger partial charge in [-0.05, 0) is 60.9 Å². The molecule has 7 heteroatoms. The number of nitrogens with zero attached hydrogens (tertiary/aromatic N) is 1. The number of benzene rings is 2. The molecule has 1 aliphatic heterocycles. The molecule has 2 aromatic carbocycles. The Kier molecular flexibility index (Phi) is 5.90. The van der Waals surface area contributed by atoms with E-state index < -0.39 is 12.6 Å². The summed E-state index contributed by atoms with van der Waals surface area (Å²) in [5.74, 6) is -1.47. The molecule has 32 heavy (non-hydrogen) atoms. The third-order valence-electron chi connectivity index (χ3n) is 5.98. The average molecular weight is 433 g/mol. The smallest absolute Gasteiger partial charge is 0.338 e. The second kappa shape index (κ2) is 8.78. The maximum Gasteiger partial charge on any atom is 0.338 e. The number of amides is 2. The summed E-state index contributed by atoms with van der Waals surface area (Å²) in [4.78, 5) is 51.4. The van der Waals surface area contributed by atoms with E-state index in [0.29, 0.717) is 23.4 Å². The first-order valence-corrected chi connectivity index (χ1v) is 10.4. The van der Waals surface area contributed by atoms with Gasteiger partial charge in [0, 0.05) is 5.56 Å². The van der Waals surface area contributed by atoms with Crippen LogP contribution in [0.3, 0.4) is 0 Å². The van der Waals surface area contributed by atoms with E-state index in [4.69, 9.17) is 9.47 Å². The van der Waals surface area contributed by atoms with Gasteiger partial charge in [-0.15, -0.1) is 0 Å². The highest BCUT2D eigenvalue weighted by atomic mass is 16.5. The normalized spacial score (nSPS) is 21.9. The first-order valence-electron chi connectivity index (χ1n) is 10.4. The van der Waals surface area contributed by atoms with Crippen LogP contribution in [-0.2, 0) is 14.3 Å². The number of rotatable bonds is 6. The van der Waals surface area contributed by atoms with Crippen LogP contribution in [0.25, 0.3) is 0 Å². The van der Waals surface area contributed by atoms with Crippen LogP contribution in [0.5, 0.6) is 5.75 Å². The Balaban J connectivity index is 1.40. The molecular weight excluding hydrogens is 410 g/mol. The Labute approximate surface area is 185 Å². The van der Waals surface area contributed by atoms with Crippen molar-refractivity contribution in [3.63, 3.8) is 0 Å². The lowest BCUT2D eigenvalue weighted by atomic mass is 9.78. The van der Waals surface area contributed by atoms with Gasteiger partial charge in [0.05, 0.1) is 30.2 Å². The molecule has 0 saturated carbocycles. The number of methoxy groups -OCH3 is 1. The van der Waals surface area contributed by atoms with Crippen molar-refractivity contribution in [1.29, 1.82) is 0 Å². The van der Waals surface area contributed by atoms with E-state index in [0.717, 1.165) is 0 Å². The molecule has 2 amide bonds. The van der Waals surface area contributed by atoms with E-state index in [1.807, 2.05) is 19.1 Å². The Morgan fingerprint density at radius 2 is 1.62 bits per heavy atom. The Morgan fingerprint density at radius 3 is 2.25 bits per heavy atom. The van der Waals surface area contributed by atoms with Gasteiger partial charge in [0.1, 0.15) is 5.75 Å². The molecule has 3 atom stereocenters. The molecule has 0 bridgehead atoms. The molecule has 0 radical (unpaired) electrons. The number of hydrogen-bond acceptors (Lipinski definition) is 6. The van der Waals surface area contributed by atoms with Crippen molar-refractivity contribution < 1.29 is 28.7 Å². The van der Waals surface area contributed by atoms with Gasteiger partial charge in [-0.1, -0.05) is 19.1 Å². The van der Waals surface area contributed by atoms with E-state index in [2.05, 4.69) is 0 Å². The highest BCUT2D eigenvalue weighted by Gasteiger charge is 2.50. The zero-order valence-electron chi connectivity index (χ0n) is 17.8. The largest absolute Gasteiger partial charge is 0.497 e. The van der Waals surface area contributed by atoms with Crippen LogP contribution in [-0.4, -0.2) is 37.3 Å². The molecule has 4 rings (SSSR count). The van der Waals surface area contributed by atoms with Gasteiger partial charge >= 0.3 is 5.97 Å². The molecule has 0 unspecified atom stereocenters. The van der Waals surface area contributed by atoms with Crippen LogP contribution in [0.4, 0.5) is 5.69 Å². The van der Waals surface area contributed by atoms with E-state index >= 15 is 0 Å². The number of fused-ring (bicyclic) bond motifs is 1. The fourth-order valence-corrected chi connectivity index (χ4v) is 4.22. The summed E-state index contributed by atoms with van der Waals surface area (Å²) >= 11 is 0. The number of hydrogen-bond donors (Lipinski definition) is 0. The average Bonchev–Trinajstić information content (AvgIpc) is 3.08. The van der Waals surface area contributed by atoms with Gasteiger partial charge in [-0.25, -0.2) is 4.79 Å². The SMILES string of the molecule is COc1ccc(C(=O)COC(=O)c2ccc(N3C(=O)[C@@H]4[C@H](C)C=CC[C@H]4C3=O)cc2)cc1. The summed E-state index contributed by atoms with van der Waals surface area (Å²) < 4.78 is 10.2. The van der Waals surface area contributed by atoms with Gasteiger partial charge in [-0.2, -0.15) is 0 Å². The second-order valence-corrected chi connectivity index (χ2v) is 7.94. The molecule has 1 aliphatic carbocycles. The maximum absolute atomic E-state index is 12.9. The van der Waals surface area contributed by atoms with Crippen LogP contribution < -0.4 is 9.64 Å². The topological polar surface area (TPSA) is 90.0 Å². The molecule has 7 nitrogen and oxygen atoms in total. The summed E-state index contributed by atoms with van der Waals surface area (Å²) in [7, 11) is 1.53. The fraction of sp³-hybridized carbons (Fsp3) is 0.280. The minimum absolute atomic E-state index is 0.00712. The van der Waals surface area contributed by atoms with Gasteiger partial charge in [0.25, 0.3) is 0 Å². The van der Waals surface area contributed by atoms with Crippen molar-refractivity contribution in [2.75, 3.05) is 18.6 Å². The number of allylic oxidation sites excluding steroid dienone is 2. The maximum atomic E-state index is 12.9. The first-order chi connectivity index (χ1) is 15.4. The van der Waals surface area contributed by atoms with Crippen LogP contribution in [0.1, 0.15) is 34.1 Å².